The van der Waals surface area contributed by atoms with E-state index in [0.717, 1.165) is 11.9 Å². The van der Waals surface area contributed by atoms with E-state index in [1.54, 1.807) is 24.3 Å². The molecule has 1 amide bonds. The van der Waals surface area contributed by atoms with Gasteiger partial charge in [0.05, 0.1) is 0 Å². The lowest BCUT2D eigenvalue weighted by Crippen LogP contribution is -2.10. The van der Waals surface area contributed by atoms with Crippen LogP contribution in [0.15, 0.2) is 35.9 Å². The molecule has 0 aromatic heterocycles. The number of anilines is 1. The molecule has 1 aromatic rings. The topological polar surface area (TPSA) is 46.2 Å². The molecule has 0 fully saturated rings. The summed E-state index contributed by atoms with van der Waals surface area (Å²) >= 11 is 0. The van der Waals surface area contributed by atoms with E-state index < -0.39 is 0 Å². The zero-order valence-electron chi connectivity index (χ0n) is 9.49. The highest BCUT2D eigenvalue weighted by molar-refractivity contribution is 5.92. The van der Waals surface area contributed by atoms with Gasteiger partial charge in [0.15, 0.2) is 0 Å². The molecule has 3 nitrogen and oxygen atoms in total. The van der Waals surface area contributed by atoms with Gasteiger partial charge >= 0.3 is 0 Å². The van der Waals surface area contributed by atoms with Crippen LogP contribution in [0.1, 0.15) is 30.6 Å². The first-order valence-electron chi connectivity index (χ1n) is 5.10. The number of rotatable bonds is 4. The largest absolute Gasteiger partial charge is 0.326 e. The minimum atomic E-state index is -0.0555. The van der Waals surface area contributed by atoms with Gasteiger partial charge in [0.2, 0.25) is 5.91 Å². The van der Waals surface area contributed by atoms with Crippen LogP contribution in [0, 0.1) is 0 Å². The van der Waals surface area contributed by atoms with Gasteiger partial charge in [-0.1, -0.05) is 11.6 Å². The van der Waals surface area contributed by atoms with Gasteiger partial charge in [-0.3, -0.25) is 9.59 Å². The highest BCUT2D eigenvalue weighted by atomic mass is 16.1. The molecule has 0 aliphatic rings. The molecular formula is C13H15NO2. The number of aldehydes is 1. The van der Waals surface area contributed by atoms with Crippen LogP contribution in [0.3, 0.4) is 0 Å². The Kier molecular flexibility index (Phi) is 4.45. The third-order valence-corrected chi connectivity index (χ3v) is 2.03. The van der Waals surface area contributed by atoms with Gasteiger partial charge in [0.25, 0.3) is 0 Å². The highest BCUT2D eigenvalue weighted by Crippen LogP contribution is 2.08. The van der Waals surface area contributed by atoms with Gasteiger partial charge < -0.3 is 5.32 Å². The Morgan fingerprint density at radius 1 is 1.25 bits per heavy atom. The molecular weight excluding hydrogens is 202 g/mol. The SMILES string of the molecule is CC(C)=CCC(=O)Nc1ccc(C=O)cc1. The number of carbonyl (C=O) groups excluding carboxylic acids is 2. The van der Waals surface area contributed by atoms with Crippen molar-refractivity contribution in [2.75, 3.05) is 5.32 Å². The summed E-state index contributed by atoms with van der Waals surface area (Å²) in [4.78, 5) is 21.9. The average Bonchev–Trinajstić information content (AvgIpc) is 2.27. The predicted octanol–water partition coefficient (Wildman–Crippen LogP) is 2.79. The summed E-state index contributed by atoms with van der Waals surface area (Å²) in [6.07, 6.45) is 3.02. The van der Waals surface area contributed by atoms with Crippen molar-refractivity contribution in [1.29, 1.82) is 0 Å². The van der Waals surface area contributed by atoms with Crippen molar-refractivity contribution >= 4 is 17.9 Å². The molecule has 3 heteroatoms. The van der Waals surface area contributed by atoms with E-state index in [4.69, 9.17) is 0 Å². The second-order valence-corrected chi connectivity index (χ2v) is 3.77. The minimum absolute atomic E-state index is 0.0555. The molecule has 1 N–H and O–H groups in total. The molecule has 0 saturated heterocycles. The van der Waals surface area contributed by atoms with Gasteiger partial charge in [-0.25, -0.2) is 0 Å². The summed E-state index contributed by atoms with van der Waals surface area (Å²) in [6, 6.07) is 6.77. The van der Waals surface area contributed by atoms with E-state index in [-0.39, 0.29) is 5.91 Å². The number of carbonyl (C=O) groups is 2. The van der Waals surface area contributed by atoms with Crippen molar-refractivity contribution in [2.45, 2.75) is 20.3 Å². The average molecular weight is 217 g/mol. The molecule has 0 saturated carbocycles. The molecule has 84 valence electrons. The first-order chi connectivity index (χ1) is 7.61. The van der Waals surface area contributed by atoms with Crippen LogP contribution in [0.5, 0.6) is 0 Å². The Hall–Kier alpha value is -1.90. The zero-order valence-corrected chi connectivity index (χ0v) is 9.49. The summed E-state index contributed by atoms with van der Waals surface area (Å²) in [6.45, 7) is 3.90. The van der Waals surface area contributed by atoms with Crippen molar-refractivity contribution < 1.29 is 9.59 Å². The third-order valence-electron chi connectivity index (χ3n) is 2.03. The maximum absolute atomic E-state index is 11.4. The lowest BCUT2D eigenvalue weighted by molar-refractivity contribution is -0.115. The third kappa shape index (κ3) is 4.09. The zero-order chi connectivity index (χ0) is 12.0. The molecule has 0 heterocycles. The van der Waals surface area contributed by atoms with Gasteiger partial charge in [0.1, 0.15) is 6.29 Å². The Balaban J connectivity index is 2.56. The summed E-state index contributed by atoms with van der Waals surface area (Å²) in [5.41, 5.74) is 2.42. The monoisotopic (exact) mass is 217 g/mol. The fourth-order valence-electron chi connectivity index (χ4n) is 1.15. The summed E-state index contributed by atoms with van der Waals surface area (Å²) in [7, 11) is 0. The lowest BCUT2D eigenvalue weighted by Gasteiger charge is -2.03. The lowest BCUT2D eigenvalue weighted by atomic mass is 10.2. The highest BCUT2D eigenvalue weighted by Gasteiger charge is 1.99. The molecule has 0 aliphatic heterocycles. The Bertz CT molecular complexity index is 400. The Morgan fingerprint density at radius 2 is 1.88 bits per heavy atom. The van der Waals surface area contributed by atoms with Gasteiger partial charge in [-0.2, -0.15) is 0 Å². The molecule has 0 spiro atoms. The molecule has 0 aliphatic carbocycles. The smallest absolute Gasteiger partial charge is 0.228 e. The minimum Gasteiger partial charge on any atom is -0.326 e. The van der Waals surface area contributed by atoms with Crippen LogP contribution in [0.2, 0.25) is 0 Å². The van der Waals surface area contributed by atoms with Crippen molar-refractivity contribution in [3.05, 3.63) is 41.5 Å². The van der Waals surface area contributed by atoms with Gasteiger partial charge in [-0.05, 0) is 38.1 Å². The van der Waals surface area contributed by atoms with Crippen molar-refractivity contribution in [2.24, 2.45) is 0 Å². The maximum atomic E-state index is 11.4. The van der Waals surface area contributed by atoms with E-state index in [0.29, 0.717) is 17.7 Å². The van der Waals surface area contributed by atoms with Crippen LogP contribution in [0.25, 0.3) is 0 Å². The summed E-state index contributed by atoms with van der Waals surface area (Å²) in [5.74, 6) is -0.0555. The maximum Gasteiger partial charge on any atom is 0.228 e. The number of nitrogens with one attached hydrogen (secondary N) is 1. The number of hydrogen-bond donors (Lipinski definition) is 1. The molecule has 1 rings (SSSR count). The Morgan fingerprint density at radius 3 is 2.38 bits per heavy atom. The quantitative estimate of drug-likeness (QED) is 0.622. The van der Waals surface area contributed by atoms with E-state index >= 15 is 0 Å². The van der Waals surface area contributed by atoms with Crippen LogP contribution >= 0.6 is 0 Å². The van der Waals surface area contributed by atoms with E-state index in [2.05, 4.69) is 5.32 Å². The summed E-state index contributed by atoms with van der Waals surface area (Å²) in [5, 5.41) is 2.75. The first kappa shape index (κ1) is 12.2. The van der Waals surface area contributed by atoms with Crippen molar-refractivity contribution in [3.8, 4) is 0 Å². The second kappa shape index (κ2) is 5.85. The van der Waals surface area contributed by atoms with Crippen LogP contribution in [0.4, 0.5) is 5.69 Å². The van der Waals surface area contributed by atoms with E-state index in [1.807, 2.05) is 19.9 Å². The van der Waals surface area contributed by atoms with Crippen LogP contribution in [-0.2, 0) is 4.79 Å². The predicted molar refractivity (Wildman–Crippen MR) is 64.5 cm³/mol. The standard InChI is InChI=1S/C13H15NO2/c1-10(2)3-8-13(16)14-12-6-4-11(9-15)5-7-12/h3-7,9H,8H2,1-2H3,(H,14,16). The van der Waals surface area contributed by atoms with E-state index in [1.165, 1.54) is 0 Å². The molecule has 16 heavy (non-hydrogen) atoms. The van der Waals surface area contributed by atoms with Crippen LogP contribution in [-0.4, -0.2) is 12.2 Å². The molecule has 0 unspecified atom stereocenters. The first-order valence-corrected chi connectivity index (χ1v) is 5.10. The number of allylic oxidation sites excluding steroid dienone is 1. The van der Waals surface area contributed by atoms with E-state index in [9.17, 15) is 9.59 Å². The molecule has 0 atom stereocenters. The molecule has 0 radical (unpaired) electrons. The summed E-state index contributed by atoms with van der Waals surface area (Å²) < 4.78 is 0. The number of benzene rings is 1. The number of hydrogen-bond acceptors (Lipinski definition) is 2. The van der Waals surface area contributed by atoms with Crippen molar-refractivity contribution in [3.63, 3.8) is 0 Å². The molecule has 1 aromatic carbocycles. The van der Waals surface area contributed by atoms with Crippen LogP contribution < -0.4 is 5.32 Å². The van der Waals surface area contributed by atoms with Gasteiger partial charge in [0, 0.05) is 17.7 Å². The Labute approximate surface area is 95.2 Å². The van der Waals surface area contributed by atoms with Gasteiger partial charge in [-0.15, -0.1) is 0 Å². The normalized spacial score (nSPS) is 9.38. The fraction of sp³-hybridized carbons (Fsp3) is 0.231. The second-order valence-electron chi connectivity index (χ2n) is 3.77. The van der Waals surface area contributed by atoms with Crippen molar-refractivity contribution in [1.82, 2.24) is 0 Å². The molecule has 0 bridgehead atoms. The number of amides is 1. The fourth-order valence-corrected chi connectivity index (χ4v) is 1.15.